The minimum atomic E-state index is -1.19. The van der Waals surface area contributed by atoms with Crippen molar-refractivity contribution in [3.05, 3.63) is 12.2 Å². The number of carbonyl (C=O) groups excluding carboxylic acids is 1. The van der Waals surface area contributed by atoms with Gasteiger partial charge in [-0.2, -0.15) is 0 Å². The molecule has 5 heteroatoms. The van der Waals surface area contributed by atoms with Crippen molar-refractivity contribution in [1.82, 2.24) is 5.32 Å². The normalized spacial score (nSPS) is 14.1. The van der Waals surface area contributed by atoms with E-state index in [9.17, 15) is 9.59 Å². The lowest BCUT2D eigenvalue weighted by Crippen LogP contribution is -2.52. The van der Waals surface area contributed by atoms with E-state index >= 15 is 0 Å². The molecule has 0 spiro atoms. The summed E-state index contributed by atoms with van der Waals surface area (Å²) in [5.41, 5.74) is -0.702. The smallest absolute Gasteiger partial charge is 0.405 e. The first-order valence-corrected chi connectivity index (χ1v) is 5.73. The maximum atomic E-state index is 11.8. The average Bonchev–Trinajstić information content (AvgIpc) is 2.12. The van der Waals surface area contributed by atoms with Crippen LogP contribution in [0.5, 0.6) is 0 Å². The van der Waals surface area contributed by atoms with Crippen LogP contribution in [0.15, 0.2) is 12.2 Å². The summed E-state index contributed by atoms with van der Waals surface area (Å²) in [4.78, 5) is 22.4. The fourth-order valence-corrected chi connectivity index (χ4v) is 1.64. The topological polar surface area (TPSA) is 66.4 Å². The highest BCUT2D eigenvalue weighted by Crippen LogP contribution is 2.18. The van der Waals surface area contributed by atoms with Crippen molar-refractivity contribution in [2.24, 2.45) is 0 Å². The molecule has 0 fully saturated rings. The van der Waals surface area contributed by atoms with Gasteiger partial charge in [0.1, 0.15) is 5.54 Å². The number of rotatable bonds is 6. The molecule has 0 aromatic heterocycles. The lowest BCUT2D eigenvalue weighted by Gasteiger charge is -2.27. The Morgan fingerprint density at radius 2 is 2.07 bits per heavy atom. The van der Waals surface area contributed by atoms with E-state index in [0.717, 1.165) is 11.8 Å². The summed E-state index contributed by atoms with van der Waals surface area (Å²) in [5, 5.41) is 11.7. The van der Waals surface area contributed by atoms with Crippen LogP contribution in [-0.4, -0.2) is 27.9 Å². The number of halogens is 1. The first kappa shape index (κ1) is 14.2. The molecule has 1 atom stereocenters. The van der Waals surface area contributed by atoms with E-state index in [0.29, 0.717) is 12.0 Å². The van der Waals surface area contributed by atoms with Gasteiger partial charge in [0.25, 0.3) is 0 Å². The van der Waals surface area contributed by atoms with Crippen molar-refractivity contribution in [2.45, 2.75) is 32.2 Å². The van der Waals surface area contributed by atoms with Crippen LogP contribution in [-0.2, 0) is 4.79 Å². The molecule has 0 radical (unpaired) electrons. The molecule has 0 aliphatic carbocycles. The summed E-state index contributed by atoms with van der Waals surface area (Å²) >= 11 is 3.25. The molecule has 86 valence electrons. The third-order valence-electron chi connectivity index (χ3n) is 2.08. The van der Waals surface area contributed by atoms with Crippen molar-refractivity contribution in [2.75, 3.05) is 5.33 Å². The Hall–Kier alpha value is -0.840. The zero-order chi connectivity index (χ0) is 12.1. The number of carbonyl (C=O) groups is 2. The Balaban J connectivity index is 4.75. The number of carboxylic acid groups (broad SMARTS) is 1. The van der Waals surface area contributed by atoms with Crippen molar-refractivity contribution in [3.63, 3.8) is 0 Å². The first-order chi connectivity index (χ1) is 6.83. The highest BCUT2D eigenvalue weighted by atomic mass is 79.9. The van der Waals surface area contributed by atoms with Gasteiger partial charge in [-0.05, 0) is 32.3 Å². The highest BCUT2D eigenvalue weighted by Gasteiger charge is 2.34. The van der Waals surface area contributed by atoms with E-state index in [4.69, 9.17) is 5.11 Å². The molecule has 0 aliphatic heterocycles. The van der Waals surface area contributed by atoms with Gasteiger partial charge in [-0.15, -0.1) is 0 Å². The number of amides is 1. The van der Waals surface area contributed by atoms with Crippen molar-refractivity contribution in [3.8, 4) is 0 Å². The number of Topliss-reactive ketones (excluding diaryl/α,β-unsaturated/α-hetero) is 1. The fraction of sp³-hybridized carbons (Fsp3) is 0.600. The Morgan fingerprint density at radius 3 is 2.40 bits per heavy atom. The van der Waals surface area contributed by atoms with Gasteiger partial charge < -0.3 is 10.4 Å². The highest BCUT2D eigenvalue weighted by molar-refractivity contribution is 9.09. The second kappa shape index (κ2) is 5.90. The van der Waals surface area contributed by atoms with E-state index in [1.54, 1.807) is 13.8 Å². The molecule has 2 N–H and O–H groups in total. The summed E-state index contributed by atoms with van der Waals surface area (Å²) in [6, 6.07) is 0. The van der Waals surface area contributed by atoms with E-state index in [1.807, 2.05) is 0 Å². The molecular weight excluding hydrogens is 262 g/mol. The molecule has 4 nitrogen and oxygen atoms in total. The zero-order valence-corrected chi connectivity index (χ0v) is 10.6. The second-order valence-electron chi connectivity index (χ2n) is 3.66. The Bertz CT molecular complexity index is 278. The van der Waals surface area contributed by atoms with Crippen LogP contribution in [0.25, 0.3) is 0 Å². The summed E-state index contributed by atoms with van der Waals surface area (Å²) in [6.07, 6.45) is -0.0202. The number of ketones is 1. The molecule has 0 bridgehead atoms. The van der Waals surface area contributed by atoms with Gasteiger partial charge in [-0.25, -0.2) is 4.79 Å². The maximum absolute atomic E-state index is 11.8. The second-order valence-corrected chi connectivity index (χ2v) is 4.46. The number of alkyl halides is 1. The first-order valence-electron chi connectivity index (χ1n) is 4.61. The van der Waals surface area contributed by atoms with Crippen molar-refractivity contribution in [1.29, 1.82) is 0 Å². The molecule has 15 heavy (non-hydrogen) atoms. The Labute approximate surface area is 97.9 Å². The standard InChI is InChI=1S/C10H16BrNO3/c1-7(2)8(13)10(3,5-4-6-11)12-9(14)15/h12H,1,4-6H2,2-3H3,(H,14,15). The molecule has 0 saturated heterocycles. The molecule has 0 aromatic carbocycles. The van der Waals surface area contributed by atoms with Gasteiger partial charge in [-0.1, -0.05) is 22.5 Å². The molecule has 1 unspecified atom stereocenters. The van der Waals surface area contributed by atoms with E-state index in [-0.39, 0.29) is 5.78 Å². The minimum Gasteiger partial charge on any atom is -0.465 e. The Morgan fingerprint density at radius 1 is 1.53 bits per heavy atom. The van der Waals surface area contributed by atoms with Crippen LogP contribution in [0.4, 0.5) is 4.79 Å². The van der Waals surface area contributed by atoms with Crippen molar-refractivity contribution >= 4 is 27.8 Å². The van der Waals surface area contributed by atoms with Crippen LogP contribution in [0.3, 0.4) is 0 Å². The third-order valence-corrected chi connectivity index (χ3v) is 2.64. The predicted octanol–water partition coefficient (Wildman–Crippen LogP) is 2.33. The minimum absolute atomic E-state index is 0.258. The van der Waals surface area contributed by atoms with E-state index in [2.05, 4.69) is 27.8 Å². The van der Waals surface area contributed by atoms with Gasteiger partial charge in [0, 0.05) is 5.33 Å². The average molecular weight is 278 g/mol. The molecular formula is C10H16BrNO3. The predicted molar refractivity (Wildman–Crippen MR) is 62.4 cm³/mol. The van der Waals surface area contributed by atoms with Gasteiger partial charge in [0.15, 0.2) is 5.78 Å². The van der Waals surface area contributed by atoms with E-state index < -0.39 is 11.6 Å². The molecule has 0 heterocycles. The van der Waals surface area contributed by atoms with Gasteiger partial charge >= 0.3 is 6.09 Å². The molecule has 1 amide bonds. The third kappa shape index (κ3) is 4.46. The largest absolute Gasteiger partial charge is 0.465 e. The van der Waals surface area contributed by atoms with Crippen LogP contribution in [0.1, 0.15) is 26.7 Å². The van der Waals surface area contributed by atoms with Crippen LogP contribution in [0.2, 0.25) is 0 Å². The molecule has 0 aromatic rings. The van der Waals surface area contributed by atoms with Gasteiger partial charge in [0.2, 0.25) is 0 Å². The Kier molecular flexibility index (Phi) is 5.57. The van der Waals surface area contributed by atoms with Crippen molar-refractivity contribution < 1.29 is 14.7 Å². The maximum Gasteiger partial charge on any atom is 0.405 e. The monoisotopic (exact) mass is 277 g/mol. The summed E-state index contributed by atoms with van der Waals surface area (Å²) < 4.78 is 0. The lowest BCUT2D eigenvalue weighted by molar-refractivity contribution is -0.121. The summed E-state index contributed by atoms with van der Waals surface area (Å²) in [6.45, 7) is 6.71. The van der Waals surface area contributed by atoms with E-state index in [1.165, 1.54) is 0 Å². The molecule has 0 aliphatic rings. The number of hydrogen-bond acceptors (Lipinski definition) is 2. The van der Waals surface area contributed by atoms with Gasteiger partial charge in [-0.3, -0.25) is 4.79 Å². The summed E-state index contributed by atoms with van der Waals surface area (Å²) in [7, 11) is 0. The van der Waals surface area contributed by atoms with Gasteiger partial charge in [0.05, 0.1) is 0 Å². The van der Waals surface area contributed by atoms with Crippen LogP contribution in [0, 0.1) is 0 Å². The SMILES string of the molecule is C=C(C)C(=O)C(C)(CCCBr)NC(=O)O. The number of hydrogen-bond donors (Lipinski definition) is 2. The molecule has 0 saturated carbocycles. The summed E-state index contributed by atoms with van der Waals surface area (Å²) in [5.74, 6) is -0.258. The lowest BCUT2D eigenvalue weighted by atomic mass is 9.88. The quantitative estimate of drug-likeness (QED) is 0.579. The fourth-order valence-electron chi connectivity index (χ4n) is 1.36. The zero-order valence-electron chi connectivity index (χ0n) is 8.97. The van der Waals surface area contributed by atoms with Crippen LogP contribution >= 0.6 is 15.9 Å². The van der Waals surface area contributed by atoms with Crippen LogP contribution < -0.4 is 5.32 Å². The number of nitrogens with one attached hydrogen (secondary N) is 1. The molecule has 0 rings (SSSR count).